The molecule has 7 nitrogen and oxygen atoms in total. The van der Waals surface area contributed by atoms with E-state index in [4.69, 9.17) is 4.74 Å². The maximum atomic E-state index is 12.4. The first-order valence-corrected chi connectivity index (χ1v) is 11.1. The average molecular weight is 447 g/mol. The molecule has 0 saturated heterocycles. The lowest BCUT2D eigenvalue weighted by atomic mass is 10.1. The number of thiazole rings is 1. The van der Waals surface area contributed by atoms with Gasteiger partial charge in [0.2, 0.25) is 5.91 Å². The highest BCUT2D eigenvalue weighted by molar-refractivity contribution is 7.13. The molecule has 0 saturated carbocycles. The minimum Gasteiger partial charge on any atom is -0.494 e. The number of rotatable bonds is 8. The van der Waals surface area contributed by atoms with Crippen LogP contribution in [0.5, 0.6) is 5.75 Å². The third-order valence-electron chi connectivity index (χ3n) is 4.66. The summed E-state index contributed by atoms with van der Waals surface area (Å²) in [7, 11) is 0. The van der Waals surface area contributed by atoms with Gasteiger partial charge in [0.15, 0.2) is 0 Å². The van der Waals surface area contributed by atoms with Crippen molar-refractivity contribution in [3.8, 4) is 27.6 Å². The Balaban J connectivity index is 1.39. The second-order valence-electron chi connectivity index (χ2n) is 6.96. The first-order chi connectivity index (χ1) is 15.6. The lowest BCUT2D eigenvalue weighted by Gasteiger charge is -2.08. The fourth-order valence-electron chi connectivity index (χ4n) is 3.09. The molecule has 32 heavy (non-hydrogen) atoms. The number of hydrogen-bond acceptors (Lipinski definition) is 6. The normalized spacial score (nSPS) is 10.7. The molecule has 8 heteroatoms. The number of nitrogens with zero attached hydrogens (tertiary/aromatic N) is 3. The topological polar surface area (TPSA) is 86.1 Å². The van der Waals surface area contributed by atoms with Crippen molar-refractivity contribution in [2.75, 3.05) is 6.61 Å². The molecule has 0 spiro atoms. The van der Waals surface area contributed by atoms with E-state index in [2.05, 4.69) is 15.4 Å². The van der Waals surface area contributed by atoms with E-state index < -0.39 is 0 Å². The number of aromatic nitrogens is 3. The molecule has 0 bridgehead atoms. The SMILES string of the molecule is CCOc1ccc(-c2ccc(=O)n(CC(=O)NCc3csc(-c4ccccc4)n3)n2)cc1. The first-order valence-electron chi connectivity index (χ1n) is 10.2. The lowest BCUT2D eigenvalue weighted by Crippen LogP contribution is -2.33. The third-order valence-corrected chi connectivity index (χ3v) is 5.60. The molecule has 0 atom stereocenters. The van der Waals surface area contributed by atoms with Gasteiger partial charge in [0.05, 0.1) is 24.5 Å². The maximum absolute atomic E-state index is 12.4. The summed E-state index contributed by atoms with van der Waals surface area (Å²) in [5.41, 5.74) is 2.91. The van der Waals surface area contributed by atoms with Gasteiger partial charge in [-0.25, -0.2) is 9.67 Å². The molecule has 2 heterocycles. The quantitative estimate of drug-likeness (QED) is 0.446. The van der Waals surface area contributed by atoms with Crippen LogP contribution in [0.4, 0.5) is 0 Å². The number of carbonyl (C=O) groups excluding carboxylic acids is 1. The molecule has 0 unspecified atom stereocenters. The van der Waals surface area contributed by atoms with Crippen LogP contribution in [0.25, 0.3) is 21.8 Å². The number of carbonyl (C=O) groups is 1. The summed E-state index contributed by atoms with van der Waals surface area (Å²) in [6, 6.07) is 20.4. The van der Waals surface area contributed by atoms with Gasteiger partial charge in [0.25, 0.3) is 5.56 Å². The van der Waals surface area contributed by atoms with E-state index in [1.807, 2.05) is 66.9 Å². The molecule has 0 fully saturated rings. The molecule has 4 rings (SSSR count). The minimum absolute atomic E-state index is 0.167. The fraction of sp³-hybridized carbons (Fsp3) is 0.167. The van der Waals surface area contributed by atoms with E-state index in [9.17, 15) is 9.59 Å². The largest absolute Gasteiger partial charge is 0.494 e. The summed E-state index contributed by atoms with van der Waals surface area (Å²) in [5.74, 6) is 0.458. The Morgan fingerprint density at radius 3 is 2.56 bits per heavy atom. The van der Waals surface area contributed by atoms with E-state index in [1.54, 1.807) is 6.07 Å². The predicted molar refractivity (Wildman–Crippen MR) is 124 cm³/mol. The number of nitrogens with one attached hydrogen (secondary N) is 1. The Labute approximate surface area is 189 Å². The molecule has 1 N–H and O–H groups in total. The van der Waals surface area contributed by atoms with Crippen LogP contribution in [0.15, 0.2) is 76.9 Å². The van der Waals surface area contributed by atoms with Crippen molar-refractivity contribution < 1.29 is 9.53 Å². The van der Waals surface area contributed by atoms with Gasteiger partial charge >= 0.3 is 0 Å². The maximum Gasteiger partial charge on any atom is 0.267 e. The zero-order valence-corrected chi connectivity index (χ0v) is 18.3. The van der Waals surface area contributed by atoms with Crippen LogP contribution in [0.2, 0.25) is 0 Å². The Kier molecular flexibility index (Phi) is 6.72. The second kappa shape index (κ2) is 10.0. The van der Waals surface area contributed by atoms with Gasteiger partial charge in [0, 0.05) is 22.6 Å². The molecule has 0 aliphatic heterocycles. The Morgan fingerprint density at radius 1 is 1.03 bits per heavy atom. The standard InChI is InChI=1S/C24H22N4O3S/c1-2-31-20-10-8-17(9-11-20)21-12-13-23(30)28(27-21)15-22(29)25-14-19-16-32-24(26-19)18-6-4-3-5-7-18/h3-13,16H,2,14-15H2,1H3,(H,25,29). The molecule has 4 aromatic rings. The van der Waals surface area contributed by atoms with Gasteiger partial charge in [-0.3, -0.25) is 9.59 Å². The third kappa shape index (κ3) is 5.28. The molecular formula is C24H22N4O3S. The van der Waals surface area contributed by atoms with Crippen molar-refractivity contribution in [3.63, 3.8) is 0 Å². The molecule has 2 aromatic heterocycles. The molecule has 0 radical (unpaired) electrons. The molecule has 0 aliphatic carbocycles. The monoisotopic (exact) mass is 446 g/mol. The van der Waals surface area contributed by atoms with Crippen LogP contribution in [-0.4, -0.2) is 27.3 Å². The van der Waals surface area contributed by atoms with E-state index in [1.165, 1.54) is 17.4 Å². The lowest BCUT2D eigenvalue weighted by molar-refractivity contribution is -0.122. The molecule has 2 aromatic carbocycles. The smallest absolute Gasteiger partial charge is 0.267 e. The summed E-state index contributed by atoms with van der Waals surface area (Å²) in [5, 5.41) is 9.97. The molecule has 0 aliphatic rings. The summed E-state index contributed by atoms with van der Waals surface area (Å²) < 4.78 is 6.61. The summed E-state index contributed by atoms with van der Waals surface area (Å²) in [6.07, 6.45) is 0. The summed E-state index contributed by atoms with van der Waals surface area (Å²) in [4.78, 5) is 29.2. The Hall–Kier alpha value is -3.78. The van der Waals surface area contributed by atoms with Gasteiger partial charge in [0.1, 0.15) is 17.3 Å². The highest BCUT2D eigenvalue weighted by atomic mass is 32.1. The van der Waals surface area contributed by atoms with E-state index >= 15 is 0 Å². The van der Waals surface area contributed by atoms with Crippen molar-refractivity contribution in [1.82, 2.24) is 20.1 Å². The Bertz CT molecular complexity index is 1250. The number of benzene rings is 2. The number of hydrogen-bond donors (Lipinski definition) is 1. The fourth-order valence-corrected chi connectivity index (χ4v) is 3.91. The van der Waals surface area contributed by atoms with Crippen molar-refractivity contribution in [2.24, 2.45) is 0 Å². The van der Waals surface area contributed by atoms with Crippen LogP contribution < -0.4 is 15.6 Å². The number of amides is 1. The van der Waals surface area contributed by atoms with E-state index in [0.29, 0.717) is 12.3 Å². The van der Waals surface area contributed by atoms with Gasteiger partial charge < -0.3 is 10.1 Å². The highest BCUT2D eigenvalue weighted by Gasteiger charge is 2.10. The predicted octanol–water partition coefficient (Wildman–Crippen LogP) is 3.75. The van der Waals surface area contributed by atoms with Crippen LogP contribution in [0.3, 0.4) is 0 Å². The van der Waals surface area contributed by atoms with Gasteiger partial charge in [-0.1, -0.05) is 30.3 Å². The zero-order valence-electron chi connectivity index (χ0n) is 17.5. The van der Waals surface area contributed by atoms with Gasteiger partial charge in [-0.15, -0.1) is 11.3 Å². The molecule has 162 valence electrons. The molecule has 1 amide bonds. The summed E-state index contributed by atoms with van der Waals surface area (Å²) in [6.45, 7) is 2.63. The van der Waals surface area contributed by atoms with Crippen molar-refractivity contribution >= 4 is 17.2 Å². The van der Waals surface area contributed by atoms with E-state index in [-0.39, 0.29) is 24.6 Å². The highest BCUT2D eigenvalue weighted by Crippen LogP contribution is 2.23. The van der Waals surface area contributed by atoms with Crippen LogP contribution in [0, 0.1) is 0 Å². The minimum atomic E-state index is -0.338. The zero-order chi connectivity index (χ0) is 22.3. The van der Waals surface area contributed by atoms with Gasteiger partial charge in [-0.05, 0) is 37.3 Å². The van der Waals surface area contributed by atoms with Crippen LogP contribution >= 0.6 is 11.3 Å². The van der Waals surface area contributed by atoms with Crippen LogP contribution in [0.1, 0.15) is 12.6 Å². The average Bonchev–Trinajstić information content (AvgIpc) is 3.30. The summed E-state index contributed by atoms with van der Waals surface area (Å²) >= 11 is 1.53. The van der Waals surface area contributed by atoms with Crippen molar-refractivity contribution in [1.29, 1.82) is 0 Å². The van der Waals surface area contributed by atoms with Gasteiger partial charge in [-0.2, -0.15) is 5.10 Å². The first kappa shape index (κ1) is 21.5. The second-order valence-corrected chi connectivity index (χ2v) is 7.82. The van der Waals surface area contributed by atoms with Crippen LogP contribution in [-0.2, 0) is 17.9 Å². The number of ether oxygens (including phenoxy) is 1. The molecular weight excluding hydrogens is 424 g/mol. The van der Waals surface area contributed by atoms with Crippen molar-refractivity contribution in [2.45, 2.75) is 20.0 Å². The Morgan fingerprint density at radius 2 is 1.81 bits per heavy atom. The van der Waals surface area contributed by atoms with Crippen molar-refractivity contribution in [3.05, 3.63) is 88.2 Å². The van der Waals surface area contributed by atoms with E-state index in [0.717, 1.165) is 32.3 Å².